The molecule has 2 aromatic rings. The molecule has 0 bridgehead atoms. The number of hydrogen-bond acceptors (Lipinski definition) is 7. The second-order valence-electron chi connectivity index (χ2n) is 5.54. The number of unbranched alkanes of at least 4 members (excludes halogenated alkanes) is 1. The number of hydroxylamine groups is 1. The first-order valence-corrected chi connectivity index (χ1v) is 9.47. The van der Waals surface area contributed by atoms with E-state index in [0.717, 1.165) is 20.5 Å². The third-order valence-corrected chi connectivity index (χ3v) is 5.06. The first kappa shape index (κ1) is 19.2. The van der Waals surface area contributed by atoms with E-state index in [9.17, 15) is 9.59 Å². The maximum absolute atomic E-state index is 12.5. The summed E-state index contributed by atoms with van der Waals surface area (Å²) in [6.45, 7) is 4.38. The Hall–Kier alpha value is -2.10. The third kappa shape index (κ3) is 5.73. The van der Waals surface area contributed by atoms with Gasteiger partial charge < -0.3 is 5.32 Å². The Bertz CT molecular complexity index is 750. The standard InChI is InChI=1S/C16H20N4O3S2/c1-10(2)9-11-13(19-16(25-11)15-18-7-8-24-15)14(22)17-6-4-3-5-12(21)20-23/h7-9,23H,3-6H2,1-2H3,(H,17,22)(H,20,21). The maximum atomic E-state index is 12.5. The van der Waals surface area contributed by atoms with E-state index in [1.54, 1.807) is 11.7 Å². The molecule has 9 heteroatoms. The summed E-state index contributed by atoms with van der Waals surface area (Å²) in [5.41, 5.74) is 3.06. The fourth-order valence-corrected chi connectivity index (χ4v) is 3.83. The largest absolute Gasteiger partial charge is 0.351 e. The summed E-state index contributed by atoms with van der Waals surface area (Å²) in [6, 6.07) is 0. The van der Waals surface area contributed by atoms with E-state index in [2.05, 4.69) is 15.3 Å². The van der Waals surface area contributed by atoms with Crippen LogP contribution in [0.4, 0.5) is 0 Å². The first-order chi connectivity index (χ1) is 12.0. The van der Waals surface area contributed by atoms with Crippen LogP contribution in [0.1, 0.15) is 48.5 Å². The highest BCUT2D eigenvalue weighted by Crippen LogP contribution is 2.31. The molecular formula is C16H20N4O3S2. The Labute approximate surface area is 153 Å². The summed E-state index contributed by atoms with van der Waals surface area (Å²) in [6.07, 6.45) is 5.09. The van der Waals surface area contributed by atoms with Crippen molar-refractivity contribution in [1.82, 2.24) is 20.8 Å². The Balaban J connectivity index is 2.02. The first-order valence-electron chi connectivity index (χ1n) is 7.78. The van der Waals surface area contributed by atoms with E-state index in [-0.39, 0.29) is 12.3 Å². The summed E-state index contributed by atoms with van der Waals surface area (Å²) < 4.78 is 0. The minimum absolute atomic E-state index is 0.223. The molecule has 2 amide bonds. The Morgan fingerprint density at radius 1 is 1.28 bits per heavy atom. The van der Waals surface area contributed by atoms with Crippen LogP contribution in [0.15, 0.2) is 17.2 Å². The zero-order valence-corrected chi connectivity index (χ0v) is 15.7. The predicted octanol–water partition coefficient (Wildman–Crippen LogP) is 3.10. The van der Waals surface area contributed by atoms with Crippen molar-refractivity contribution in [1.29, 1.82) is 0 Å². The van der Waals surface area contributed by atoms with Gasteiger partial charge in [-0.25, -0.2) is 15.4 Å². The van der Waals surface area contributed by atoms with Crippen molar-refractivity contribution < 1.29 is 14.8 Å². The van der Waals surface area contributed by atoms with Crippen molar-refractivity contribution in [3.05, 3.63) is 27.7 Å². The van der Waals surface area contributed by atoms with Crippen LogP contribution in [-0.2, 0) is 4.79 Å². The summed E-state index contributed by atoms with van der Waals surface area (Å²) in [4.78, 5) is 32.9. The fourth-order valence-electron chi connectivity index (χ4n) is 2.03. The third-order valence-electron chi connectivity index (χ3n) is 3.14. The lowest BCUT2D eigenvalue weighted by molar-refractivity contribution is -0.129. The maximum Gasteiger partial charge on any atom is 0.271 e. The quantitative estimate of drug-likeness (QED) is 0.371. The van der Waals surface area contributed by atoms with E-state index in [1.165, 1.54) is 22.7 Å². The van der Waals surface area contributed by atoms with E-state index in [1.807, 2.05) is 25.3 Å². The Morgan fingerprint density at radius 2 is 2.08 bits per heavy atom. The van der Waals surface area contributed by atoms with Gasteiger partial charge in [0.05, 0.1) is 4.88 Å². The molecule has 0 unspecified atom stereocenters. The molecule has 0 aliphatic heterocycles. The van der Waals surface area contributed by atoms with Gasteiger partial charge in [-0.05, 0) is 32.8 Å². The summed E-state index contributed by atoms with van der Waals surface area (Å²) >= 11 is 2.93. The van der Waals surface area contributed by atoms with Crippen LogP contribution < -0.4 is 10.8 Å². The van der Waals surface area contributed by atoms with Gasteiger partial charge in [0.25, 0.3) is 5.91 Å². The molecule has 0 aliphatic carbocycles. The van der Waals surface area contributed by atoms with Crippen LogP contribution in [0, 0.1) is 0 Å². The number of nitrogens with zero attached hydrogens (tertiary/aromatic N) is 2. The number of aromatic nitrogens is 2. The zero-order chi connectivity index (χ0) is 18.2. The predicted molar refractivity (Wildman–Crippen MR) is 98.7 cm³/mol. The summed E-state index contributed by atoms with van der Waals surface area (Å²) in [7, 11) is 0. The summed E-state index contributed by atoms with van der Waals surface area (Å²) in [5.74, 6) is -0.664. The van der Waals surface area contributed by atoms with Gasteiger partial charge in [-0.15, -0.1) is 22.7 Å². The monoisotopic (exact) mass is 380 g/mol. The van der Waals surface area contributed by atoms with Gasteiger partial charge in [0, 0.05) is 24.5 Å². The second kappa shape index (κ2) is 9.40. The van der Waals surface area contributed by atoms with Crippen LogP contribution >= 0.6 is 22.7 Å². The fraction of sp³-hybridized carbons (Fsp3) is 0.375. The SMILES string of the molecule is CC(C)=Cc1sc(-c2nccs2)nc1C(=O)NCCCCC(=O)NO. The van der Waals surface area contributed by atoms with Crippen molar-refractivity contribution in [3.63, 3.8) is 0 Å². The molecule has 0 aromatic carbocycles. The highest BCUT2D eigenvalue weighted by atomic mass is 32.1. The molecule has 0 spiro atoms. The van der Waals surface area contributed by atoms with E-state index in [4.69, 9.17) is 5.21 Å². The van der Waals surface area contributed by atoms with Crippen molar-refractivity contribution in [2.45, 2.75) is 33.1 Å². The number of allylic oxidation sites excluding steroid dienone is 1. The van der Waals surface area contributed by atoms with Gasteiger partial charge in [-0.2, -0.15) is 0 Å². The molecule has 7 nitrogen and oxygen atoms in total. The van der Waals surface area contributed by atoms with Gasteiger partial charge in [0.2, 0.25) is 5.91 Å². The van der Waals surface area contributed by atoms with Crippen LogP contribution in [0.3, 0.4) is 0 Å². The van der Waals surface area contributed by atoms with Crippen LogP contribution in [0.5, 0.6) is 0 Å². The topological polar surface area (TPSA) is 104 Å². The smallest absolute Gasteiger partial charge is 0.271 e. The molecular weight excluding hydrogens is 360 g/mol. The number of nitrogens with one attached hydrogen (secondary N) is 2. The number of thiazole rings is 2. The van der Waals surface area contributed by atoms with E-state index >= 15 is 0 Å². The molecule has 0 aliphatic rings. The number of carbonyl (C=O) groups is 2. The van der Waals surface area contributed by atoms with Crippen LogP contribution in [-0.4, -0.2) is 33.5 Å². The van der Waals surface area contributed by atoms with Crippen LogP contribution in [0.25, 0.3) is 16.1 Å². The van der Waals surface area contributed by atoms with Gasteiger partial charge in [-0.1, -0.05) is 5.57 Å². The van der Waals surface area contributed by atoms with Gasteiger partial charge >= 0.3 is 0 Å². The molecule has 0 saturated carbocycles. The normalized spacial score (nSPS) is 10.4. The van der Waals surface area contributed by atoms with E-state index < -0.39 is 5.91 Å². The molecule has 25 heavy (non-hydrogen) atoms. The second-order valence-corrected chi connectivity index (χ2v) is 7.46. The molecule has 0 fully saturated rings. The lowest BCUT2D eigenvalue weighted by Gasteiger charge is -2.04. The highest BCUT2D eigenvalue weighted by Gasteiger charge is 2.18. The molecule has 2 aromatic heterocycles. The number of hydrogen-bond donors (Lipinski definition) is 3. The minimum atomic E-state index is -0.426. The van der Waals surface area contributed by atoms with Crippen LogP contribution in [0.2, 0.25) is 0 Å². The Kier molecular flexibility index (Phi) is 7.23. The number of carbonyl (C=O) groups excluding carboxylic acids is 2. The average Bonchev–Trinajstić information content (AvgIpc) is 3.23. The van der Waals surface area contributed by atoms with Crippen molar-refractivity contribution in [3.8, 4) is 10.0 Å². The minimum Gasteiger partial charge on any atom is -0.351 e. The molecule has 2 rings (SSSR count). The molecule has 0 saturated heterocycles. The summed E-state index contributed by atoms with van der Waals surface area (Å²) in [5, 5.41) is 14.7. The lowest BCUT2D eigenvalue weighted by atomic mass is 10.2. The lowest BCUT2D eigenvalue weighted by Crippen LogP contribution is -2.26. The Morgan fingerprint density at radius 3 is 2.72 bits per heavy atom. The highest BCUT2D eigenvalue weighted by molar-refractivity contribution is 7.21. The van der Waals surface area contributed by atoms with E-state index in [0.29, 0.717) is 25.1 Å². The average molecular weight is 380 g/mol. The molecule has 0 atom stereocenters. The van der Waals surface area contributed by atoms with Crippen molar-refractivity contribution in [2.24, 2.45) is 0 Å². The van der Waals surface area contributed by atoms with Gasteiger partial charge in [0.1, 0.15) is 5.69 Å². The van der Waals surface area contributed by atoms with Crippen molar-refractivity contribution >= 4 is 40.6 Å². The zero-order valence-electron chi connectivity index (χ0n) is 14.0. The van der Waals surface area contributed by atoms with Crippen molar-refractivity contribution in [2.75, 3.05) is 6.54 Å². The van der Waals surface area contributed by atoms with Gasteiger partial charge in [0.15, 0.2) is 10.0 Å². The number of rotatable bonds is 8. The number of amides is 2. The molecule has 0 radical (unpaired) electrons. The molecule has 134 valence electrons. The molecule has 3 N–H and O–H groups in total. The van der Waals surface area contributed by atoms with Gasteiger partial charge in [-0.3, -0.25) is 14.8 Å². The molecule has 2 heterocycles.